The number of amides is 1. The number of hydrogen-bond donors (Lipinski definition) is 1. The van der Waals surface area contributed by atoms with Crippen LogP contribution in [0.1, 0.15) is 49.7 Å². The van der Waals surface area contributed by atoms with Crippen LogP contribution in [0.25, 0.3) is 11.1 Å². The molecule has 1 spiro atoms. The lowest BCUT2D eigenvalue weighted by Crippen LogP contribution is -2.48. The first-order valence-electron chi connectivity index (χ1n) is 10.4. The van der Waals surface area contributed by atoms with Crippen LogP contribution in [0.3, 0.4) is 0 Å². The molecule has 1 amide bonds. The van der Waals surface area contributed by atoms with E-state index < -0.39 is 5.54 Å². The Labute approximate surface area is 177 Å². The summed E-state index contributed by atoms with van der Waals surface area (Å²) in [5.41, 5.74) is 8.84. The average Bonchev–Trinajstić information content (AvgIpc) is 2.76. The van der Waals surface area contributed by atoms with E-state index in [0.717, 1.165) is 54.5 Å². The van der Waals surface area contributed by atoms with Crippen LogP contribution >= 0.6 is 0 Å². The minimum Gasteiger partial charge on any atom is -0.493 e. The van der Waals surface area contributed by atoms with E-state index in [4.69, 9.17) is 15.5 Å². The molecular formula is C24H26N4O2. The standard InChI is InChI=1S/C24H26N4O2/c1-28-22(29)15-24(27-23(28)26)11-4-2-3-5-12-30-21-10-9-19(14-20(21)24)18-8-6-7-17(13-18)16-25/h6-10,13-14H,2-5,11-12,15H2,1H3,(H2,26,27). The van der Waals surface area contributed by atoms with Gasteiger partial charge in [-0.15, -0.1) is 0 Å². The van der Waals surface area contributed by atoms with Crippen LogP contribution in [0.2, 0.25) is 0 Å². The maximum Gasteiger partial charge on any atom is 0.231 e. The zero-order valence-electron chi connectivity index (χ0n) is 17.2. The van der Waals surface area contributed by atoms with Gasteiger partial charge in [-0.25, -0.2) is 4.99 Å². The van der Waals surface area contributed by atoms with Gasteiger partial charge in [-0.2, -0.15) is 5.26 Å². The second-order valence-corrected chi connectivity index (χ2v) is 8.05. The lowest BCUT2D eigenvalue weighted by molar-refractivity contribution is -0.128. The monoisotopic (exact) mass is 402 g/mol. The number of rotatable bonds is 1. The largest absolute Gasteiger partial charge is 0.493 e. The number of benzene rings is 2. The van der Waals surface area contributed by atoms with Crippen molar-refractivity contribution in [2.75, 3.05) is 13.7 Å². The van der Waals surface area contributed by atoms with Gasteiger partial charge in [0.2, 0.25) is 5.91 Å². The Hall–Kier alpha value is -3.33. The van der Waals surface area contributed by atoms with Crippen LogP contribution in [0, 0.1) is 11.3 Å². The number of nitrogens with zero attached hydrogens (tertiary/aromatic N) is 3. The smallest absolute Gasteiger partial charge is 0.231 e. The van der Waals surface area contributed by atoms with Gasteiger partial charge in [0.15, 0.2) is 5.96 Å². The molecule has 0 saturated carbocycles. The third-order valence-electron chi connectivity index (χ3n) is 6.04. The number of nitrogens with two attached hydrogens (primary N) is 1. The van der Waals surface area contributed by atoms with Crippen molar-refractivity contribution in [3.63, 3.8) is 0 Å². The minimum absolute atomic E-state index is 0.0395. The molecule has 2 aromatic rings. The molecule has 0 radical (unpaired) electrons. The van der Waals surface area contributed by atoms with Gasteiger partial charge in [-0.1, -0.05) is 37.5 Å². The average molecular weight is 402 g/mol. The van der Waals surface area contributed by atoms with E-state index >= 15 is 0 Å². The second kappa shape index (κ2) is 8.19. The summed E-state index contributed by atoms with van der Waals surface area (Å²) in [7, 11) is 1.66. The zero-order chi connectivity index (χ0) is 21.1. The highest BCUT2D eigenvalue weighted by Gasteiger charge is 2.42. The van der Waals surface area contributed by atoms with Gasteiger partial charge in [-0.3, -0.25) is 9.69 Å². The zero-order valence-corrected chi connectivity index (χ0v) is 17.2. The van der Waals surface area contributed by atoms with Crippen LogP contribution in [-0.4, -0.2) is 30.4 Å². The third kappa shape index (κ3) is 3.76. The molecule has 1 unspecified atom stereocenters. The first-order chi connectivity index (χ1) is 14.5. The van der Waals surface area contributed by atoms with Gasteiger partial charge < -0.3 is 10.5 Å². The van der Waals surface area contributed by atoms with E-state index in [1.54, 1.807) is 13.1 Å². The number of fused-ring (bicyclic) bond motifs is 2. The number of carbonyl (C=O) groups excluding carboxylic acids is 1. The predicted molar refractivity (Wildman–Crippen MR) is 116 cm³/mol. The molecule has 30 heavy (non-hydrogen) atoms. The van der Waals surface area contributed by atoms with Crippen LogP contribution < -0.4 is 10.5 Å². The van der Waals surface area contributed by atoms with Crippen molar-refractivity contribution in [2.45, 2.75) is 44.1 Å². The summed E-state index contributed by atoms with van der Waals surface area (Å²) in [5.74, 6) is 0.958. The number of hydrogen-bond acceptors (Lipinski definition) is 5. The summed E-state index contributed by atoms with van der Waals surface area (Å²) in [4.78, 5) is 19.0. The fourth-order valence-electron chi connectivity index (χ4n) is 4.29. The highest BCUT2D eigenvalue weighted by Crippen LogP contribution is 2.44. The molecule has 0 saturated heterocycles. The van der Waals surface area contributed by atoms with Crippen molar-refractivity contribution in [3.8, 4) is 22.9 Å². The van der Waals surface area contributed by atoms with E-state index in [0.29, 0.717) is 12.2 Å². The van der Waals surface area contributed by atoms with Crippen LogP contribution in [0.15, 0.2) is 47.5 Å². The topological polar surface area (TPSA) is 91.7 Å². The molecule has 2 aromatic carbocycles. The van der Waals surface area contributed by atoms with Crippen molar-refractivity contribution >= 4 is 11.9 Å². The summed E-state index contributed by atoms with van der Waals surface area (Å²) in [6.07, 6.45) is 5.15. The van der Waals surface area contributed by atoms with Crippen molar-refractivity contribution in [1.29, 1.82) is 5.26 Å². The molecule has 6 heteroatoms. The molecule has 154 valence electrons. The molecule has 6 nitrogen and oxygen atoms in total. The van der Waals surface area contributed by atoms with Gasteiger partial charge in [0.1, 0.15) is 11.3 Å². The van der Waals surface area contributed by atoms with Crippen molar-refractivity contribution in [3.05, 3.63) is 53.6 Å². The first kappa shape index (κ1) is 20.0. The Kier molecular flexibility index (Phi) is 5.45. The molecular weight excluding hydrogens is 376 g/mol. The molecule has 2 heterocycles. The molecule has 0 bridgehead atoms. The Morgan fingerprint density at radius 1 is 1.13 bits per heavy atom. The minimum atomic E-state index is -0.733. The van der Waals surface area contributed by atoms with Gasteiger partial charge in [0.25, 0.3) is 0 Å². The Balaban J connectivity index is 1.89. The van der Waals surface area contributed by atoms with Gasteiger partial charge in [-0.05, 0) is 48.2 Å². The van der Waals surface area contributed by atoms with E-state index in [1.807, 2.05) is 30.3 Å². The Morgan fingerprint density at radius 2 is 1.93 bits per heavy atom. The van der Waals surface area contributed by atoms with E-state index in [9.17, 15) is 10.1 Å². The molecule has 4 rings (SSSR count). The predicted octanol–water partition coefficient (Wildman–Crippen LogP) is 3.94. The molecule has 2 N–H and O–H groups in total. The van der Waals surface area contributed by atoms with Crippen LogP contribution in [-0.2, 0) is 10.3 Å². The number of ether oxygens (including phenoxy) is 1. The molecule has 0 fully saturated rings. The SMILES string of the molecule is CN1C(=O)CC2(CCCCCCOc3ccc(-c4cccc(C#N)c4)cc32)N=C1N. The molecule has 2 aliphatic rings. The molecule has 2 aliphatic heterocycles. The lowest BCUT2D eigenvalue weighted by atomic mass is 9.79. The lowest BCUT2D eigenvalue weighted by Gasteiger charge is -2.38. The quantitative estimate of drug-likeness (QED) is 0.782. The summed E-state index contributed by atoms with van der Waals surface area (Å²) in [6, 6.07) is 15.7. The molecule has 0 aliphatic carbocycles. The molecule has 1 atom stereocenters. The van der Waals surface area contributed by atoms with E-state index in [2.05, 4.69) is 12.1 Å². The number of carbonyl (C=O) groups is 1. The number of nitriles is 1. The maximum absolute atomic E-state index is 12.8. The van der Waals surface area contributed by atoms with Crippen molar-refractivity contribution in [1.82, 2.24) is 4.90 Å². The maximum atomic E-state index is 12.8. The Morgan fingerprint density at radius 3 is 2.73 bits per heavy atom. The van der Waals surface area contributed by atoms with Gasteiger partial charge >= 0.3 is 0 Å². The van der Waals surface area contributed by atoms with Gasteiger partial charge in [0, 0.05) is 12.6 Å². The fourth-order valence-corrected chi connectivity index (χ4v) is 4.29. The Bertz CT molecular complexity index is 1040. The van der Waals surface area contributed by atoms with E-state index in [1.165, 1.54) is 4.90 Å². The highest BCUT2D eigenvalue weighted by atomic mass is 16.5. The third-order valence-corrected chi connectivity index (χ3v) is 6.04. The van der Waals surface area contributed by atoms with Crippen LogP contribution in [0.4, 0.5) is 0 Å². The second-order valence-electron chi connectivity index (χ2n) is 8.05. The number of guanidine groups is 1. The van der Waals surface area contributed by atoms with Crippen LogP contribution in [0.5, 0.6) is 5.75 Å². The summed E-state index contributed by atoms with van der Waals surface area (Å²) < 4.78 is 6.14. The van der Waals surface area contributed by atoms with Crippen molar-refractivity contribution < 1.29 is 9.53 Å². The molecule has 0 aromatic heterocycles. The fraction of sp³-hybridized carbons (Fsp3) is 0.375. The summed E-state index contributed by atoms with van der Waals surface area (Å²) >= 11 is 0. The highest BCUT2D eigenvalue weighted by molar-refractivity contribution is 5.99. The van der Waals surface area contributed by atoms with Gasteiger partial charge in [0.05, 0.1) is 24.7 Å². The van der Waals surface area contributed by atoms with E-state index in [-0.39, 0.29) is 18.3 Å². The summed E-state index contributed by atoms with van der Waals surface area (Å²) in [5, 5.41) is 9.27. The summed E-state index contributed by atoms with van der Waals surface area (Å²) in [6.45, 7) is 0.638. The first-order valence-corrected chi connectivity index (χ1v) is 10.4. The number of aliphatic imine (C=N–C) groups is 1. The van der Waals surface area contributed by atoms with Crippen molar-refractivity contribution in [2.24, 2.45) is 10.7 Å². The normalized spacial score (nSPS) is 21.9.